The number of rotatable bonds is 8. The van der Waals surface area contributed by atoms with E-state index in [0.29, 0.717) is 13.1 Å². The van der Waals surface area contributed by atoms with E-state index in [-0.39, 0.29) is 47.3 Å². The lowest BCUT2D eigenvalue weighted by Gasteiger charge is -2.35. The van der Waals surface area contributed by atoms with E-state index in [9.17, 15) is 9.90 Å². The van der Waals surface area contributed by atoms with E-state index in [4.69, 9.17) is 4.99 Å². The summed E-state index contributed by atoms with van der Waals surface area (Å²) in [7, 11) is 0. The molecule has 0 heterocycles. The molecule has 1 aliphatic carbocycles. The van der Waals surface area contributed by atoms with Gasteiger partial charge in [-0.1, -0.05) is 40.0 Å². The summed E-state index contributed by atoms with van der Waals surface area (Å²) >= 11 is 0. The van der Waals surface area contributed by atoms with Crippen LogP contribution in [0.3, 0.4) is 0 Å². The van der Waals surface area contributed by atoms with E-state index in [1.807, 2.05) is 27.7 Å². The predicted molar refractivity (Wildman–Crippen MR) is 119 cm³/mol. The molecule has 4 N–H and O–H groups in total. The number of halogens is 1. The van der Waals surface area contributed by atoms with Crippen LogP contribution in [0.4, 0.5) is 0 Å². The lowest BCUT2D eigenvalue weighted by atomic mass is 9.72. The van der Waals surface area contributed by atoms with Crippen LogP contribution in [0.2, 0.25) is 0 Å². The number of aliphatic hydroxyl groups excluding tert-OH is 1. The largest absolute Gasteiger partial charge is 0.396 e. The summed E-state index contributed by atoms with van der Waals surface area (Å²) in [6, 6.07) is 0. The Balaban J connectivity index is 0.00000625. The fourth-order valence-corrected chi connectivity index (χ4v) is 3.24. The zero-order chi connectivity index (χ0) is 18.8. The standard InChI is InChI=1S/C19H38N4O2.HI/c1-5-20-17(22-13-12-21-16(25)18(2,3)4)23-15-19(11-14-24)9-7-6-8-10-19;/h24H,5-15H2,1-4H3,(H,21,25)(H2,20,22,23);1H. The number of nitrogens with one attached hydrogen (secondary N) is 3. The van der Waals surface area contributed by atoms with Gasteiger partial charge < -0.3 is 21.1 Å². The van der Waals surface area contributed by atoms with Gasteiger partial charge in [0.15, 0.2) is 5.96 Å². The molecule has 0 bridgehead atoms. The van der Waals surface area contributed by atoms with E-state index in [0.717, 1.165) is 38.3 Å². The predicted octanol–water partition coefficient (Wildman–Crippen LogP) is 2.65. The van der Waals surface area contributed by atoms with Gasteiger partial charge in [-0.3, -0.25) is 9.79 Å². The second kappa shape index (κ2) is 12.8. The zero-order valence-electron chi connectivity index (χ0n) is 17.0. The third-order valence-electron chi connectivity index (χ3n) is 4.86. The molecule has 0 radical (unpaired) electrons. The highest BCUT2D eigenvalue weighted by Crippen LogP contribution is 2.39. The lowest BCUT2D eigenvalue weighted by Crippen LogP contribution is -2.44. The summed E-state index contributed by atoms with van der Waals surface area (Å²) in [5.74, 6) is 0.843. The molecule has 7 heteroatoms. The molecule has 0 saturated heterocycles. The van der Waals surface area contributed by atoms with Crippen molar-refractivity contribution in [3.8, 4) is 0 Å². The van der Waals surface area contributed by atoms with Gasteiger partial charge in [-0.25, -0.2) is 0 Å². The highest BCUT2D eigenvalue weighted by atomic mass is 127. The number of nitrogens with zero attached hydrogens (tertiary/aromatic N) is 1. The SMILES string of the molecule is CCNC(=NCC1(CCO)CCCCC1)NCCNC(=O)C(C)(C)C.I. The molecule has 1 aliphatic rings. The Hall–Kier alpha value is -0.570. The van der Waals surface area contributed by atoms with Crippen molar-refractivity contribution in [3.63, 3.8) is 0 Å². The maximum Gasteiger partial charge on any atom is 0.225 e. The molecule has 26 heavy (non-hydrogen) atoms. The topological polar surface area (TPSA) is 85.8 Å². The molecule has 0 spiro atoms. The minimum Gasteiger partial charge on any atom is -0.396 e. The number of carbonyl (C=O) groups is 1. The molecule has 0 atom stereocenters. The van der Waals surface area contributed by atoms with Gasteiger partial charge in [0, 0.05) is 38.2 Å². The number of carbonyl (C=O) groups excluding carboxylic acids is 1. The van der Waals surface area contributed by atoms with Crippen LogP contribution in [0.1, 0.15) is 66.2 Å². The molecular weight excluding hydrogens is 443 g/mol. The van der Waals surface area contributed by atoms with Gasteiger partial charge in [-0.05, 0) is 31.6 Å². The number of hydrogen-bond acceptors (Lipinski definition) is 3. The van der Waals surface area contributed by atoms with Crippen LogP contribution in [-0.2, 0) is 4.79 Å². The first-order chi connectivity index (χ1) is 11.8. The molecule has 6 nitrogen and oxygen atoms in total. The number of amides is 1. The van der Waals surface area contributed by atoms with Crippen LogP contribution >= 0.6 is 24.0 Å². The molecule has 154 valence electrons. The Kier molecular flexibility index (Phi) is 12.5. The average molecular weight is 482 g/mol. The maximum absolute atomic E-state index is 11.9. The molecular formula is C19H39IN4O2. The van der Waals surface area contributed by atoms with Crippen molar-refractivity contribution in [1.82, 2.24) is 16.0 Å². The Morgan fingerprint density at radius 3 is 2.23 bits per heavy atom. The van der Waals surface area contributed by atoms with Gasteiger partial charge >= 0.3 is 0 Å². The molecule has 1 saturated carbocycles. The number of guanidine groups is 1. The van der Waals surface area contributed by atoms with E-state index in [2.05, 4.69) is 16.0 Å². The molecule has 0 aliphatic heterocycles. The summed E-state index contributed by atoms with van der Waals surface area (Å²) in [6.07, 6.45) is 6.90. The number of aliphatic hydroxyl groups is 1. The number of hydrogen-bond donors (Lipinski definition) is 4. The third kappa shape index (κ3) is 9.39. The quantitative estimate of drug-likeness (QED) is 0.186. The smallest absolute Gasteiger partial charge is 0.225 e. The van der Waals surface area contributed by atoms with Crippen molar-refractivity contribution in [2.45, 2.75) is 66.2 Å². The van der Waals surface area contributed by atoms with Gasteiger partial charge in [-0.15, -0.1) is 24.0 Å². The second-order valence-corrected chi connectivity index (χ2v) is 8.16. The van der Waals surface area contributed by atoms with Crippen LogP contribution in [-0.4, -0.2) is 49.8 Å². The minimum absolute atomic E-state index is 0. The van der Waals surface area contributed by atoms with Crippen molar-refractivity contribution in [2.75, 3.05) is 32.8 Å². The molecule has 1 fully saturated rings. The summed E-state index contributed by atoms with van der Waals surface area (Å²) in [6.45, 7) is 10.8. The van der Waals surface area contributed by atoms with Gasteiger partial charge in [0.05, 0.1) is 0 Å². The summed E-state index contributed by atoms with van der Waals surface area (Å²) in [4.78, 5) is 16.6. The highest BCUT2D eigenvalue weighted by Gasteiger charge is 2.31. The molecule has 0 aromatic rings. The van der Waals surface area contributed by atoms with Crippen LogP contribution in [0.25, 0.3) is 0 Å². The van der Waals surface area contributed by atoms with E-state index in [1.165, 1.54) is 19.3 Å². The van der Waals surface area contributed by atoms with Crippen molar-refractivity contribution in [3.05, 3.63) is 0 Å². The molecule has 1 amide bonds. The Labute approximate surface area is 176 Å². The molecule has 1 rings (SSSR count). The van der Waals surface area contributed by atoms with Crippen LogP contribution in [0.15, 0.2) is 4.99 Å². The zero-order valence-corrected chi connectivity index (χ0v) is 19.3. The first-order valence-corrected chi connectivity index (χ1v) is 9.74. The average Bonchev–Trinajstić information content (AvgIpc) is 2.56. The van der Waals surface area contributed by atoms with E-state index < -0.39 is 0 Å². The first kappa shape index (κ1) is 25.4. The summed E-state index contributed by atoms with van der Waals surface area (Å²) in [5.41, 5.74) is -0.216. The van der Waals surface area contributed by atoms with E-state index in [1.54, 1.807) is 0 Å². The van der Waals surface area contributed by atoms with Crippen molar-refractivity contribution >= 4 is 35.8 Å². The summed E-state index contributed by atoms with van der Waals surface area (Å²) < 4.78 is 0. The van der Waals surface area contributed by atoms with Gasteiger partial charge in [0.2, 0.25) is 5.91 Å². The monoisotopic (exact) mass is 482 g/mol. The summed E-state index contributed by atoms with van der Waals surface area (Å²) in [5, 5.41) is 18.9. The van der Waals surface area contributed by atoms with Crippen molar-refractivity contribution in [1.29, 1.82) is 0 Å². The molecule has 0 aromatic heterocycles. The normalized spacial score (nSPS) is 17.2. The van der Waals surface area contributed by atoms with Crippen molar-refractivity contribution in [2.24, 2.45) is 15.8 Å². The van der Waals surface area contributed by atoms with Crippen LogP contribution in [0, 0.1) is 10.8 Å². The molecule has 0 aromatic carbocycles. The number of aliphatic imine (C=N–C) groups is 1. The first-order valence-electron chi connectivity index (χ1n) is 9.74. The van der Waals surface area contributed by atoms with E-state index >= 15 is 0 Å². The third-order valence-corrected chi connectivity index (χ3v) is 4.86. The Morgan fingerprint density at radius 2 is 1.69 bits per heavy atom. The highest BCUT2D eigenvalue weighted by molar-refractivity contribution is 14.0. The van der Waals surface area contributed by atoms with Crippen molar-refractivity contribution < 1.29 is 9.90 Å². The van der Waals surface area contributed by atoms with Gasteiger partial charge in [-0.2, -0.15) is 0 Å². The fourth-order valence-electron chi connectivity index (χ4n) is 3.24. The Bertz CT molecular complexity index is 424. The molecule has 0 unspecified atom stereocenters. The lowest BCUT2D eigenvalue weighted by molar-refractivity contribution is -0.128. The van der Waals surface area contributed by atoms with Crippen LogP contribution < -0.4 is 16.0 Å². The second-order valence-electron chi connectivity index (χ2n) is 8.16. The maximum atomic E-state index is 11.9. The fraction of sp³-hybridized carbons (Fsp3) is 0.895. The Morgan fingerprint density at radius 1 is 1.08 bits per heavy atom. The van der Waals surface area contributed by atoms with Crippen LogP contribution in [0.5, 0.6) is 0 Å². The van der Waals surface area contributed by atoms with Gasteiger partial charge in [0.1, 0.15) is 0 Å². The van der Waals surface area contributed by atoms with Gasteiger partial charge in [0.25, 0.3) is 0 Å². The minimum atomic E-state index is -0.365.